The van der Waals surface area contributed by atoms with Crippen LogP contribution in [-0.4, -0.2) is 6.54 Å². The fourth-order valence-corrected chi connectivity index (χ4v) is 0.285. The molecule has 0 rings (SSSR count). The van der Waals surface area contributed by atoms with Crippen molar-refractivity contribution in [1.82, 2.24) is 5.32 Å². The van der Waals surface area contributed by atoms with Gasteiger partial charge in [-0.1, -0.05) is 6.08 Å². The van der Waals surface area contributed by atoms with Crippen LogP contribution in [0.15, 0.2) is 12.3 Å². The molecule has 0 atom stereocenters. The van der Waals surface area contributed by atoms with Gasteiger partial charge in [0.25, 0.3) is 0 Å². The van der Waals surface area contributed by atoms with Gasteiger partial charge >= 0.3 is 0 Å². The van der Waals surface area contributed by atoms with E-state index in [1.165, 1.54) is 0 Å². The van der Waals surface area contributed by atoms with Crippen LogP contribution in [0.2, 0.25) is 0 Å². The Kier molecular flexibility index (Phi) is 5.18. The molecular formula is C6H12N. The van der Waals surface area contributed by atoms with Gasteiger partial charge in [0.1, 0.15) is 0 Å². The molecule has 1 heteroatoms. The average molecular weight is 98.2 g/mol. The zero-order valence-corrected chi connectivity index (χ0v) is 4.78. The first-order valence-electron chi connectivity index (χ1n) is 2.59. The van der Waals surface area contributed by atoms with E-state index < -0.39 is 0 Å². The van der Waals surface area contributed by atoms with Gasteiger partial charge in [0.15, 0.2) is 0 Å². The second kappa shape index (κ2) is 5.54. The van der Waals surface area contributed by atoms with Crippen LogP contribution < -0.4 is 5.32 Å². The van der Waals surface area contributed by atoms with Gasteiger partial charge in [0.05, 0.1) is 0 Å². The lowest BCUT2D eigenvalue weighted by Crippen LogP contribution is -2.00. The molecule has 1 N–H and O–H groups in total. The van der Waals surface area contributed by atoms with E-state index in [-0.39, 0.29) is 0 Å². The fraction of sp³-hybridized carbons (Fsp3) is 0.500. The van der Waals surface area contributed by atoms with E-state index in [1.54, 1.807) is 0 Å². The summed E-state index contributed by atoms with van der Waals surface area (Å²) in [6.07, 6.45) is 4.78. The van der Waals surface area contributed by atoms with Crippen LogP contribution in [0.5, 0.6) is 0 Å². The molecule has 1 radical (unpaired) electrons. The smallest absolute Gasteiger partial charge is 0.0112 e. The summed E-state index contributed by atoms with van der Waals surface area (Å²) >= 11 is 0. The van der Waals surface area contributed by atoms with Crippen LogP contribution >= 0.6 is 0 Å². The lowest BCUT2D eigenvalue weighted by atomic mass is 10.5. The Bertz CT molecular complexity index is 48.1. The molecule has 0 saturated carbocycles. The standard InChI is InChI=1S/C6H12N/c1-3-5-6-7-4-2/h5-7H,1,3-4H2,2H3/b6-5+. The number of allylic oxidation sites excluding steroid dienone is 1. The van der Waals surface area contributed by atoms with Gasteiger partial charge in [-0.2, -0.15) is 0 Å². The summed E-state index contributed by atoms with van der Waals surface area (Å²) in [6, 6.07) is 0. The van der Waals surface area contributed by atoms with E-state index >= 15 is 0 Å². The highest BCUT2D eigenvalue weighted by molar-refractivity contribution is 4.78. The van der Waals surface area contributed by atoms with Crippen LogP contribution in [0.4, 0.5) is 0 Å². The minimum Gasteiger partial charge on any atom is -0.391 e. The van der Waals surface area contributed by atoms with Gasteiger partial charge in [0, 0.05) is 6.54 Å². The third-order valence-electron chi connectivity index (χ3n) is 0.606. The summed E-state index contributed by atoms with van der Waals surface area (Å²) in [5.74, 6) is 0. The molecule has 0 aliphatic carbocycles. The number of hydrogen-bond acceptors (Lipinski definition) is 1. The van der Waals surface area contributed by atoms with Crippen molar-refractivity contribution in [2.75, 3.05) is 6.54 Å². The Morgan fingerprint density at radius 3 is 2.86 bits per heavy atom. The maximum atomic E-state index is 3.63. The summed E-state index contributed by atoms with van der Waals surface area (Å²) in [6.45, 7) is 6.69. The molecule has 0 aromatic rings. The van der Waals surface area contributed by atoms with Crippen LogP contribution in [-0.2, 0) is 0 Å². The van der Waals surface area contributed by atoms with Gasteiger partial charge in [-0.3, -0.25) is 0 Å². The quantitative estimate of drug-likeness (QED) is 0.561. The van der Waals surface area contributed by atoms with Crippen molar-refractivity contribution in [3.63, 3.8) is 0 Å². The Morgan fingerprint density at radius 1 is 1.71 bits per heavy atom. The lowest BCUT2D eigenvalue weighted by molar-refractivity contribution is 0.915. The molecule has 0 spiro atoms. The Morgan fingerprint density at radius 2 is 2.43 bits per heavy atom. The molecule has 0 bridgehead atoms. The molecule has 0 aliphatic rings. The molecule has 0 unspecified atom stereocenters. The Hall–Kier alpha value is -0.460. The zero-order chi connectivity index (χ0) is 5.54. The lowest BCUT2D eigenvalue weighted by Gasteiger charge is -1.87. The number of nitrogens with one attached hydrogen (secondary N) is 1. The van der Waals surface area contributed by atoms with Crippen molar-refractivity contribution in [2.45, 2.75) is 13.3 Å². The number of hydrogen-bond donors (Lipinski definition) is 1. The van der Waals surface area contributed by atoms with Crippen molar-refractivity contribution in [2.24, 2.45) is 0 Å². The molecule has 0 saturated heterocycles. The largest absolute Gasteiger partial charge is 0.391 e. The van der Waals surface area contributed by atoms with E-state index in [9.17, 15) is 0 Å². The normalized spacial score (nSPS) is 10.0. The van der Waals surface area contributed by atoms with Crippen molar-refractivity contribution in [3.05, 3.63) is 19.2 Å². The van der Waals surface area contributed by atoms with E-state index in [2.05, 4.69) is 19.2 Å². The van der Waals surface area contributed by atoms with Gasteiger partial charge < -0.3 is 5.32 Å². The summed E-state index contributed by atoms with van der Waals surface area (Å²) in [4.78, 5) is 0. The highest BCUT2D eigenvalue weighted by Crippen LogP contribution is 1.72. The van der Waals surface area contributed by atoms with Crippen molar-refractivity contribution in [1.29, 1.82) is 0 Å². The predicted octanol–water partition coefficient (Wildman–Crippen LogP) is 1.33. The highest BCUT2D eigenvalue weighted by Gasteiger charge is 1.63. The predicted molar refractivity (Wildman–Crippen MR) is 32.8 cm³/mol. The molecule has 0 fully saturated rings. The summed E-state index contributed by atoms with van der Waals surface area (Å²) < 4.78 is 0. The van der Waals surface area contributed by atoms with Gasteiger partial charge in [0.2, 0.25) is 0 Å². The molecule has 0 aromatic heterocycles. The summed E-state index contributed by atoms with van der Waals surface area (Å²) in [5, 5.41) is 3.03. The maximum absolute atomic E-state index is 3.63. The van der Waals surface area contributed by atoms with Crippen molar-refractivity contribution < 1.29 is 0 Å². The topological polar surface area (TPSA) is 12.0 Å². The average Bonchev–Trinajstić information content (AvgIpc) is 1.69. The van der Waals surface area contributed by atoms with Crippen LogP contribution in [0, 0.1) is 6.92 Å². The third-order valence-corrected chi connectivity index (χ3v) is 0.606. The van der Waals surface area contributed by atoms with Gasteiger partial charge in [-0.25, -0.2) is 0 Å². The minimum atomic E-state index is 0.868. The molecule has 0 heterocycles. The SMILES string of the molecule is [CH2]C/C=C/NCC. The van der Waals surface area contributed by atoms with Crippen molar-refractivity contribution in [3.8, 4) is 0 Å². The maximum Gasteiger partial charge on any atom is 0.0112 e. The molecule has 1 nitrogen and oxygen atoms in total. The van der Waals surface area contributed by atoms with Crippen LogP contribution in [0.3, 0.4) is 0 Å². The molecule has 41 valence electrons. The first-order valence-corrected chi connectivity index (χ1v) is 2.59. The second-order valence-corrected chi connectivity index (χ2v) is 1.25. The molecule has 7 heavy (non-hydrogen) atoms. The zero-order valence-electron chi connectivity index (χ0n) is 4.78. The molecular weight excluding hydrogens is 86.1 g/mol. The van der Waals surface area contributed by atoms with E-state index in [4.69, 9.17) is 0 Å². The first-order chi connectivity index (χ1) is 3.41. The van der Waals surface area contributed by atoms with Crippen molar-refractivity contribution >= 4 is 0 Å². The van der Waals surface area contributed by atoms with E-state index in [1.807, 2.05) is 12.3 Å². The Balaban J connectivity index is 2.78. The van der Waals surface area contributed by atoms with Crippen LogP contribution in [0.25, 0.3) is 0 Å². The van der Waals surface area contributed by atoms with Gasteiger partial charge in [-0.05, 0) is 26.5 Å². The third kappa shape index (κ3) is 5.54. The molecule has 0 amide bonds. The first kappa shape index (κ1) is 6.54. The summed E-state index contributed by atoms with van der Waals surface area (Å²) in [5.41, 5.74) is 0. The minimum absolute atomic E-state index is 0.868. The van der Waals surface area contributed by atoms with E-state index in [0.29, 0.717) is 0 Å². The monoisotopic (exact) mass is 98.1 g/mol. The van der Waals surface area contributed by atoms with Crippen LogP contribution in [0.1, 0.15) is 13.3 Å². The summed E-state index contributed by atoms with van der Waals surface area (Å²) in [7, 11) is 0. The van der Waals surface area contributed by atoms with Gasteiger partial charge in [-0.15, -0.1) is 0 Å². The van der Waals surface area contributed by atoms with E-state index in [0.717, 1.165) is 13.0 Å². The molecule has 0 aliphatic heterocycles. The molecule has 0 aromatic carbocycles. The highest BCUT2D eigenvalue weighted by atomic mass is 14.8. The number of rotatable bonds is 3. The second-order valence-electron chi connectivity index (χ2n) is 1.25. The Labute approximate surface area is 45.4 Å². The fourth-order valence-electron chi connectivity index (χ4n) is 0.285.